The van der Waals surface area contributed by atoms with E-state index in [4.69, 9.17) is 11.6 Å². The third-order valence-corrected chi connectivity index (χ3v) is 6.40. The molecule has 1 saturated heterocycles. The number of alkyl halides is 3. The number of nitrogens with zero attached hydrogens (tertiary/aromatic N) is 8. The molecule has 4 aromatic rings. The zero-order valence-corrected chi connectivity index (χ0v) is 21.7. The lowest BCUT2D eigenvalue weighted by Gasteiger charge is -2.26. The van der Waals surface area contributed by atoms with Crippen molar-refractivity contribution in [1.82, 2.24) is 44.3 Å². The highest BCUT2D eigenvalue weighted by Gasteiger charge is 2.39. The Hall–Kier alpha value is -4.57. The number of rotatable bonds is 7. The number of nitrogens with one attached hydrogen (secondary N) is 1. The normalized spacial score (nSPS) is 14.7. The first-order valence-corrected chi connectivity index (χ1v) is 12.5. The second kappa shape index (κ2) is 11.1. The quantitative estimate of drug-likeness (QED) is 0.321. The SMILES string of the molecule is O=C1CN(C(=O)c2ncccc2-n2cnc(Cn3nc(-c4ccc(Cl)cc4)n(C[C@H](O)C(F)(F)F)c3=O)n2)CCN1. The van der Waals surface area contributed by atoms with E-state index in [0.29, 0.717) is 28.2 Å². The molecule has 0 spiro atoms. The number of aliphatic hydroxyl groups excluding tert-OH is 1. The molecule has 2 amide bonds. The lowest BCUT2D eigenvalue weighted by molar-refractivity contribution is -0.207. The number of aliphatic hydroxyl groups is 1. The molecule has 1 aliphatic heterocycles. The maximum absolute atomic E-state index is 13.1. The fourth-order valence-electron chi connectivity index (χ4n) is 4.13. The van der Waals surface area contributed by atoms with Gasteiger partial charge in [-0.05, 0) is 36.4 Å². The van der Waals surface area contributed by atoms with Gasteiger partial charge in [-0.3, -0.25) is 14.2 Å². The molecule has 2 N–H and O–H groups in total. The van der Waals surface area contributed by atoms with Gasteiger partial charge in [-0.25, -0.2) is 24.1 Å². The summed E-state index contributed by atoms with van der Waals surface area (Å²) in [4.78, 5) is 47.6. The molecule has 13 nitrogen and oxygen atoms in total. The Morgan fingerprint density at radius 3 is 2.59 bits per heavy atom. The van der Waals surface area contributed by atoms with Crippen LogP contribution in [0.25, 0.3) is 17.1 Å². The van der Waals surface area contributed by atoms with Crippen LogP contribution in [0.4, 0.5) is 13.2 Å². The number of hydrogen-bond acceptors (Lipinski definition) is 8. The Balaban J connectivity index is 1.45. The number of benzene rings is 1. The minimum atomic E-state index is -4.96. The molecular formula is C24H21ClF3N9O4. The predicted molar refractivity (Wildman–Crippen MR) is 136 cm³/mol. The van der Waals surface area contributed by atoms with Crippen molar-refractivity contribution >= 4 is 23.4 Å². The summed E-state index contributed by atoms with van der Waals surface area (Å²) < 4.78 is 42.2. The van der Waals surface area contributed by atoms with Crippen molar-refractivity contribution in [3.8, 4) is 17.1 Å². The topological polar surface area (TPSA) is 153 Å². The molecule has 1 atom stereocenters. The monoisotopic (exact) mass is 591 g/mol. The molecule has 17 heteroatoms. The maximum atomic E-state index is 13.1. The molecule has 41 heavy (non-hydrogen) atoms. The van der Waals surface area contributed by atoms with E-state index in [1.54, 1.807) is 12.1 Å². The standard InChI is InChI=1S/C24H21ClF3N9O4/c25-15-5-3-14(4-6-15)21-33-36(23(41)35(21)10-17(38)24(26,27)28)11-18-31-13-37(32-18)16-2-1-7-30-20(16)22(40)34-9-8-29-19(39)12-34/h1-7,13,17,38H,8-12H2,(H,29,39)/t17-/m0/s1. The van der Waals surface area contributed by atoms with Crippen molar-refractivity contribution in [2.45, 2.75) is 25.4 Å². The first kappa shape index (κ1) is 28.0. The van der Waals surface area contributed by atoms with E-state index in [-0.39, 0.29) is 42.0 Å². The summed E-state index contributed by atoms with van der Waals surface area (Å²) in [6.07, 6.45) is -5.08. The second-order valence-electron chi connectivity index (χ2n) is 8.99. The number of aromatic nitrogens is 7. The average molecular weight is 592 g/mol. The largest absolute Gasteiger partial charge is 0.416 e. The molecule has 0 unspecified atom stereocenters. The molecule has 1 aliphatic rings. The Morgan fingerprint density at radius 1 is 1.12 bits per heavy atom. The van der Waals surface area contributed by atoms with Crippen LogP contribution in [-0.2, 0) is 17.9 Å². The third kappa shape index (κ3) is 5.97. The van der Waals surface area contributed by atoms with Crippen molar-refractivity contribution in [2.24, 2.45) is 0 Å². The van der Waals surface area contributed by atoms with Gasteiger partial charge in [0.05, 0.1) is 18.8 Å². The van der Waals surface area contributed by atoms with Crippen LogP contribution in [0.5, 0.6) is 0 Å². The molecule has 1 aromatic carbocycles. The Labute approximate surface area is 233 Å². The van der Waals surface area contributed by atoms with Crippen LogP contribution in [0, 0.1) is 0 Å². The van der Waals surface area contributed by atoms with Gasteiger partial charge in [0.25, 0.3) is 5.91 Å². The molecule has 214 valence electrons. The predicted octanol–water partition coefficient (Wildman–Crippen LogP) is 0.884. The van der Waals surface area contributed by atoms with Crippen molar-refractivity contribution in [3.05, 3.63) is 75.9 Å². The van der Waals surface area contributed by atoms with Crippen molar-refractivity contribution in [3.63, 3.8) is 0 Å². The zero-order valence-electron chi connectivity index (χ0n) is 21.0. The molecule has 0 aliphatic carbocycles. The Morgan fingerprint density at radius 2 is 1.88 bits per heavy atom. The smallest absolute Gasteiger partial charge is 0.382 e. The number of piperazine rings is 1. The van der Waals surface area contributed by atoms with Crippen molar-refractivity contribution in [2.75, 3.05) is 19.6 Å². The van der Waals surface area contributed by atoms with Gasteiger partial charge < -0.3 is 15.3 Å². The van der Waals surface area contributed by atoms with Gasteiger partial charge >= 0.3 is 11.9 Å². The third-order valence-electron chi connectivity index (χ3n) is 6.15. The van der Waals surface area contributed by atoms with E-state index >= 15 is 0 Å². The second-order valence-corrected chi connectivity index (χ2v) is 9.43. The molecule has 0 bridgehead atoms. The maximum Gasteiger partial charge on any atom is 0.416 e. The summed E-state index contributed by atoms with van der Waals surface area (Å²) in [5.41, 5.74) is -0.361. The molecular weight excluding hydrogens is 571 g/mol. The molecule has 0 radical (unpaired) electrons. The van der Waals surface area contributed by atoms with Crippen LogP contribution in [0.15, 0.2) is 53.7 Å². The van der Waals surface area contributed by atoms with Gasteiger partial charge in [0, 0.05) is 29.9 Å². The highest BCUT2D eigenvalue weighted by molar-refractivity contribution is 6.30. The van der Waals surface area contributed by atoms with Gasteiger partial charge in [0.2, 0.25) is 5.91 Å². The molecule has 1 fully saturated rings. The van der Waals surface area contributed by atoms with E-state index in [9.17, 15) is 32.7 Å². The minimum absolute atomic E-state index is 0.0197. The summed E-state index contributed by atoms with van der Waals surface area (Å²) in [7, 11) is 0. The van der Waals surface area contributed by atoms with Crippen LogP contribution in [0.1, 0.15) is 16.3 Å². The fourth-order valence-corrected chi connectivity index (χ4v) is 4.25. The number of carbonyl (C=O) groups excluding carboxylic acids is 2. The molecule has 5 rings (SSSR count). The van der Waals surface area contributed by atoms with Gasteiger partial charge in [-0.2, -0.15) is 13.2 Å². The Kier molecular flexibility index (Phi) is 7.59. The van der Waals surface area contributed by atoms with E-state index < -0.39 is 30.4 Å². The zero-order chi connectivity index (χ0) is 29.3. The number of halogens is 4. The lowest BCUT2D eigenvalue weighted by atomic mass is 10.2. The van der Waals surface area contributed by atoms with Crippen LogP contribution in [0.2, 0.25) is 5.02 Å². The first-order chi connectivity index (χ1) is 19.5. The summed E-state index contributed by atoms with van der Waals surface area (Å²) in [6, 6.07) is 9.07. The summed E-state index contributed by atoms with van der Waals surface area (Å²) in [5.74, 6) is -0.857. The molecule has 4 heterocycles. The van der Waals surface area contributed by atoms with E-state index in [0.717, 1.165) is 4.68 Å². The van der Waals surface area contributed by atoms with Crippen LogP contribution < -0.4 is 11.0 Å². The molecule has 0 saturated carbocycles. The van der Waals surface area contributed by atoms with Crippen LogP contribution in [-0.4, -0.2) is 87.8 Å². The minimum Gasteiger partial charge on any atom is -0.382 e. The van der Waals surface area contributed by atoms with E-state index in [2.05, 4.69) is 25.5 Å². The lowest BCUT2D eigenvalue weighted by Crippen LogP contribution is -2.50. The summed E-state index contributed by atoms with van der Waals surface area (Å²) in [5, 5.41) is 21.1. The van der Waals surface area contributed by atoms with Gasteiger partial charge in [0.1, 0.15) is 12.9 Å². The van der Waals surface area contributed by atoms with Gasteiger partial charge in [-0.15, -0.1) is 10.2 Å². The average Bonchev–Trinajstić information content (AvgIpc) is 3.53. The first-order valence-electron chi connectivity index (χ1n) is 12.1. The number of pyridine rings is 1. The highest BCUT2D eigenvalue weighted by atomic mass is 35.5. The van der Waals surface area contributed by atoms with Crippen molar-refractivity contribution in [1.29, 1.82) is 0 Å². The fraction of sp³-hybridized carbons (Fsp3) is 0.292. The van der Waals surface area contributed by atoms with E-state index in [1.165, 1.54) is 46.4 Å². The van der Waals surface area contributed by atoms with E-state index in [1.807, 2.05) is 0 Å². The highest BCUT2D eigenvalue weighted by Crippen LogP contribution is 2.24. The van der Waals surface area contributed by atoms with Gasteiger partial charge in [-0.1, -0.05) is 11.6 Å². The van der Waals surface area contributed by atoms with Gasteiger partial charge in [0.15, 0.2) is 23.4 Å². The van der Waals surface area contributed by atoms with Crippen LogP contribution in [0.3, 0.4) is 0 Å². The number of carbonyl (C=O) groups is 2. The van der Waals surface area contributed by atoms with Crippen LogP contribution >= 0.6 is 11.6 Å². The Bertz CT molecular complexity index is 1650. The number of hydrogen-bond donors (Lipinski definition) is 2. The summed E-state index contributed by atoms with van der Waals surface area (Å²) >= 11 is 5.91. The number of amides is 2. The molecule has 3 aromatic heterocycles. The van der Waals surface area contributed by atoms with Crippen molar-refractivity contribution < 1.29 is 27.9 Å². The summed E-state index contributed by atoms with van der Waals surface area (Å²) in [6.45, 7) is -0.940.